The molecule has 19 heavy (non-hydrogen) atoms. The number of benzene rings is 1. The highest BCUT2D eigenvalue weighted by atomic mass is 35.5. The van der Waals surface area contributed by atoms with Gasteiger partial charge in [-0.25, -0.2) is 0 Å². The number of hydrogen-bond donors (Lipinski definition) is 1. The molecule has 0 aromatic heterocycles. The Morgan fingerprint density at radius 3 is 2.58 bits per heavy atom. The summed E-state index contributed by atoms with van der Waals surface area (Å²) >= 11 is 11.6. The Kier molecular flexibility index (Phi) is 4.32. The van der Waals surface area contributed by atoms with Crippen LogP contribution in [0.1, 0.15) is 12.8 Å². The topological polar surface area (TPSA) is 49.4 Å². The van der Waals surface area contributed by atoms with Crippen molar-refractivity contribution in [1.82, 2.24) is 4.90 Å². The van der Waals surface area contributed by atoms with E-state index in [1.54, 1.807) is 25.2 Å². The molecular weight excluding hydrogens is 287 g/mol. The molecule has 6 heteroatoms. The van der Waals surface area contributed by atoms with Crippen molar-refractivity contribution in [3.05, 3.63) is 28.2 Å². The smallest absolute Gasteiger partial charge is 0.243 e. The van der Waals surface area contributed by atoms with E-state index in [1.165, 1.54) is 4.90 Å². The van der Waals surface area contributed by atoms with E-state index in [4.69, 9.17) is 23.2 Å². The molecule has 2 rings (SSSR count). The first kappa shape index (κ1) is 14.2. The molecule has 0 aliphatic heterocycles. The lowest BCUT2D eigenvalue weighted by atomic mass is 10.3. The van der Waals surface area contributed by atoms with Gasteiger partial charge in [-0.3, -0.25) is 9.59 Å². The first-order valence-electron chi connectivity index (χ1n) is 5.97. The lowest BCUT2D eigenvalue weighted by Crippen LogP contribution is -2.35. The van der Waals surface area contributed by atoms with Gasteiger partial charge < -0.3 is 10.2 Å². The van der Waals surface area contributed by atoms with E-state index in [0.29, 0.717) is 15.7 Å². The van der Waals surface area contributed by atoms with Crippen molar-refractivity contribution in [2.45, 2.75) is 12.8 Å². The van der Waals surface area contributed by atoms with Crippen LogP contribution >= 0.6 is 23.2 Å². The minimum absolute atomic E-state index is 0.0317. The molecule has 1 aromatic carbocycles. The Labute approximate surface area is 121 Å². The number of hydrogen-bond acceptors (Lipinski definition) is 2. The maximum atomic E-state index is 11.8. The lowest BCUT2D eigenvalue weighted by Gasteiger charge is -2.16. The Morgan fingerprint density at radius 1 is 1.32 bits per heavy atom. The summed E-state index contributed by atoms with van der Waals surface area (Å²) in [4.78, 5) is 24.9. The molecule has 2 amide bonds. The zero-order valence-corrected chi connectivity index (χ0v) is 12.0. The van der Waals surface area contributed by atoms with Gasteiger partial charge in [0.05, 0.1) is 16.6 Å². The van der Waals surface area contributed by atoms with Crippen LogP contribution in [0, 0.1) is 5.92 Å². The predicted molar refractivity (Wildman–Crippen MR) is 75.5 cm³/mol. The molecule has 0 bridgehead atoms. The summed E-state index contributed by atoms with van der Waals surface area (Å²) in [6.07, 6.45) is 1.86. The largest absolute Gasteiger partial charge is 0.336 e. The van der Waals surface area contributed by atoms with Crippen LogP contribution in [0.25, 0.3) is 0 Å². The highest BCUT2D eigenvalue weighted by Crippen LogP contribution is 2.30. The summed E-state index contributed by atoms with van der Waals surface area (Å²) < 4.78 is 0. The number of carbonyl (C=O) groups is 2. The second-order valence-corrected chi connectivity index (χ2v) is 5.46. The third-order valence-corrected chi connectivity index (χ3v) is 3.63. The second-order valence-electron chi connectivity index (χ2n) is 4.65. The first-order chi connectivity index (χ1) is 8.97. The maximum Gasteiger partial charge on any atom is 0.243 e. The van der Waals surface area contributed by atoms with Gasteiger partial charge in [-0.1, -0.05) is 23.2 Å². The molecule has 0 unspecified atom stereocenters. The van der Waals surface area contributed by atoms with Crippen molar-refractivity contribution < 1.29 is 9.59 Å². The fourth-order valence-electron chi connectivity index (χ4n) is 1.71. The van der Waals surface area contributed by atoms with Crippen LogP contribution in [0.5, 0.6) is 0 Å². The summed E-state index contributed by atoms with van der Waals surface area (Å²) in [5.74, 6) is -0.109. The predicted octanol–water partition coefficient (Wildman–Crippen LogP) is 2.80. The monoisotopic (exact) mass is 300 g/mol. The van der Waals surface area contributed by atoms with E-state index in [-0.39, 0.29) is 24.3 Å². The van der Waals surface area contributed by atoms with Crippen LogP contribution < -0.4 is 5.32 Å². The molecular formula is C13H14Cl2N2O2. The minimum Gasteiger partial charge on any atom is -0.336 e. The van der Waals surface area contributed by atoms with Crippen molar-refractivity contribution in [1.29, 1.82) is 0 Å². The summed E-state index contributed by atoms with van der Waals surface area (Å²) in [5.41, 5.74) is 0.562. The van der Waals surface area contributed by atoms with Crippen LogP contribution in [0.15, 0.2) is 18.2 Å². The average Bonchev–Trinajstić information content (AvgIpc) is 3.17. The van der Waals surface area contributed by atoms with Gasteiger partial charge in [0, 0.05) is 18.7 Å². The van der Waals surface area contributed by atoms with Crippen molar-refractivity contribution in [3.8, 4) is 0 Å². The van der Waals surface area contributed by atoms with Crippen molar-refractivity contribution in [3.63, 3.8) is 0 Å². The number of anilines is 1. The fraction of sp³-hybridized carbons (Fsp3) is 0.385. The van der Waals surface area contributed by atoms with Gasteiger partial charge in [-0.05, 0) is 31.0 Å². The van der Waals surface area contributed by atoms with Gasteiger partial charge in [0.25, 0.3) is 0 Å². The second kappa shape index (κ2) is 5.80. The van der Waals surface area contributed by atoms with E-state index in [9.17, 15) is 9.59 Å². The molecule has 0 radical (unpaired) electrons. The molecule has 1 aromatic rings. The van der Waals surface area contributed by atoms with Gasteiger partial charge in [-0.2, -0.15) is 0 Å². The lowest BCUT2D eigenvalue weighted by molar-refractivity contribution is -0.134. The zero-order chi connectivity index (χ0) is 14.0. The Bertz CT molecular complexity index is 515. The average molecular weight is 301 g/mol. The minimum atomic E-state index is -0.255. The first-order valence-corrected chi connectivity index (χ1v) is 6.73. The Hall–Kier alpha value is -1.26. The van der Waals surface area contributed by atoms with Gasteiger partial charge in [0.1, 0.15) is 0 Å². The SMILES string of the molecule is CN(CC(=O)Nc1ccc(Cl)c(Cl)c1)C(=O)C1CC1. The number of likely N-dealkylation sites (N-methyl/N-ethyl adjacent to an activating group) is 1. The van der Waals surface area contributed by atoms with Crippen LogP contribution in [0.3, 0.4) is 0 Å². The number of rotatable bonds is 4. The fourth-order valence-corrected chi connectivity index (χ4v) is 2.01. The third-order valence-electron chi connectivity index (χ3n) is 2.89. The molecule has 1 saturated carbocycles. The molecule has 0 saturated heterocycles. The van der Waals surface area contributed by atoms with Gasteiger partial charge in [0.15, 0.2) is 0 Å². The van der Waals surface area contributed by atoms with Gasteiger partial charge >= 0.3 is 0 Å². The van der Waals surface area contributed by atoms with Crippen molar-refractivity contribution in [2.75, 3.05) is 18.9 Å². The number of nitrogens with one attached hydrogen (secondary N) is 1. The molecule has 102 valence electrons. The summed E-state index contributed by atoms with van der Waals surface area (Å²) in [6.45, 7) is 0.0373. The van der Waals surface area contributed by atoms with Crippen molar-refractivity contribution >= 4 is 40.7 Å². The molecule has 0 atom stereocenters. The summed E-state index contributed by atoms with van der Waals surface area (Å²) in [6, 6.07) is 4.85. The normalized spacial score (nSPS) is 14.1. The maximum absolute atomic E-state index is 11.8. The van der Waals surface area contributed by atoms with E-state index >= 15 is 0 Å². The highest BCUT2D eigenvalue weighted by Gasteiger charge is 2.32. The van der Waals surface area contributed by atoms with E-state index < -0.39 is 0 Å². The number of halogens is 2. The molecule has 4 nitrogen and oxygen atoms in total. The van der Waals surface area contributed by atoms with E-state index in [1.807, 2.05) is 0 Å². The quantitative estimate of drug-likeness (QED) is 0.929. The van der Waals surface area contributed by atoms with Crippen molar-refractivity contribution in [2.24, 2.45) is 5.92 Å². The molecule has 1 aliphatic rings. The molecule has 0 heterocycles. The van der Waals surface area contributed by atoms with Gasteiger partial charge in [-0.15, -0.1) is 0 Å². The van der Waals surface area contributed by atoms with Crippen LogP contribution in [-0.4, -0.2) is 30.3 Å². The van der Waals surface area contributed by atoms with E-state index in [0.717, 1.165) is 12.8 Å². The molecule has 1 fully saturated rings. The summed E-state index contributed by atoms with van der Waals surface area (Å²) in [7, 11) is 1.63. The highest BCUT2D eigenvalue weighted by molar-refractivity contribution is 6.42. The number of carbonyl (C=O) groups excluding carboxylic acids is 2. The van der Waals surface area contributed by atoms with E-state index in [2.05, 4.69) is 5.32 Å². The number of amides is 2. The Balaban J connectivity index is 1.89. The molecule has 0 spiro atoms. The zero-order valence-electron chi connectivity index (χ0n) is 10.5. The van der Waals surface area contributed by atoms with Crippen LogP contribution in [0.4, 0.5) is 5.69 Å². The summed E-state index contributed by atoms with van der Waals surface area (Å²) in [5, 5.41) is 3.49. The van der Waals surface area contributed by atoms with Crippen LogP contribution in [0.2, 0.25) is 10.0 Å². The molecule has 1 aliphatic carbocycles. The Morgan fingerprint density at radius 2 is 2.00 bits per heavy atom. The third kappa shape index (κ3) is 3.85. The number of nitrogens with zero attached hydrogens (tertiary/aromatic N) is 1. The van der Waals surface area contributed by atoms with Crippen LogP contribution in [-0.2, 0) is 9.59 Å². The molecule has 1 N–H and O–H groups in total. The van der Waals surface area contributed by atoms with Gasteiger partial charge in [0.2, 0.25) is 11.8 Å². The standard InChI is InChI=1S/C13H14Cl2N2O2/c1-17(13(19)8-2-3-8)7-12(18)16-9-4-5-10(14)11(15)6-9/h4-6,8H,2-3,7H2,1H3,(H,16,18).